The number of aliphatic carboxylic acids is 1. The molecule has 1 aromatic heterocycles. The Bertz CT molecular complexity index is 715. The molecule has 0 saturated carbocycles. The van der Waals surface area contributed by atoms with Crippen molar-refractivity contribution in [1.82, 2.24) is 10.0 Å². The largest absolute Gasteiger partial charge is 0.480 e. The number of nitrogens with one attached hydrogen (secondary N) is 2. The highest BCUT2D eigenvalue weighted by molar-refractivity contribution is 7.89. The molecule has 0 aliphatic rings. The fourth-order valence-corrected chi connectivity index (χ4v) is 2.69. The van der Waals surface area contributed by atoms with Gasteiger partial charge >= 0.3 is 5.97 Å². The van der Waals surface area contributed by atoms with Crippen molar-refractivity contribution in [2.75, 3.05) is 7.05 Å². The molecule has 0 saturated heterocycles. The summed E-state index contributed by atoms with van der Waals surface area (Å²) >= 11 is 0. The molecule has 0 radical (unpaired) electrons. The SMILES string of the molecule is CNS(=O)(=O)c1cc(C(=O)NC(CCC(C)(C)C)C(=O)O)c(C)o1. The van der Waals surface area contributed by atoms with E-state index in [0.717, 1.165) is 6.07 Å². The summed E-state index contributed by atoms with van der Waals surface area (Å²) in [6.45, 7) is 7.36. The predicted octanol–water partition coefficient (Wildman–Crippen LogP) is 1.51. The van der Waals surface area contributed by atoms with E-state index in [-0.39, 0.29) is 23.2 Å². The van der Waals surface area contributed by atoms with Gasteiger partial charge in [-0.3, -0.25) is 4.79 Å². The first kappa shape index (κ1) is 20.2. The maximum atomic E-state index is 12.3. The van der Waals surface area contributed by atoms with E-state index in [2.05, 4.69) is 10.0 Å². The van der Waals surface area contributed by atoms with Crippen LogP contribution in [0.1, 0.15) is 49.7 Å². The molecule has 136 valence electrons. The van der Waals surface area contributed by atoms with Crippen molar-refractivity contribution in [1.29, 1.82) is 0 Å². The Morgan fingerprint density at radius 1 is 1.33 bits per heavy atom. The number of aryl methyl sites for hydroxylation is 1. The summed E-state index contributed by atoms with van der Waals surface area (Å²) in [6.07, 6.45) is 0.872. The van der Waals surface area contributed by atoms with Gasteiger partial charge in [0.05, 0.1) is 5.56 Å². The average Bonchev–Trinajstić information content (AvgIpc) is 2.84. The lowest BCUT2D eigenvalue weighted by atomic mass is 9.88. The van der Waals surface area contributed by atoms with Crippen molar-refractivity contribution < 1.29 is 27.5 Å². The van der Waals surface area contributed by atoms with E-state index < -0.39 is 33.0 Å². The Morgan fingerprint density at radius 3 is 2.38 bits per heavy atom. The topological polar surface area (TPSA) is 126 Å². The smallest absolute Gasteiger partial charge is 0.326 e. The molecule has 0 spiro atoms. The normalized spacial score (nSPS) is 13.5. The highest BCUT2D eigenvalue weighted by Gasteiger charge is 2.27. The number of rotatable bonds is 7. The van der Waals surface area contributed by atoms with Crippen LogP contribution in [0.15, 0.2) is 15.6 Å². The lowest BCUT2D eigenvalue weighted by molar-refractivity contribution is -0.139. The first-order chi connectivity index (χ1) is 10.9. The summed E-state index contributed by atoms with van der Waals surface area (Å²) in [5.74, 6) is -1.73. The van der Waals surface area contributed by atoms with Crippen molar-refractivity contribution in [3.8, 4) is 0 Å². The molecule has 0 bridgehead atoms. The van der Waals surface area contributed by atoms with Crippen molar-refractivity contribution in [3.05, 3.63) is 17.4 Å². The van der Waals surface area contributed by atoms with Crippen LogP contribution in [0.25, 0.3) is 0 Å². The number of sulfonamides is 1. The summed E-state index contributed by atoms with van der Waals surface area (Å²) in [6, 6.07) is 0.0227. The van der Waals surface area contributed by atoms with Crippen LogP contribution in [0.5, 0.6) is 0 Å². The maximum absolute atomic E-state index is 12.3. The quantitative estimate of drug-likeness (QED) is 0.676. The zero-order valence-electron chi connectivity index (χ0n) is 14.5. The first-order valence-corrected chi connectivity index (χ1v) is 8.93. The Labute approximate surface area is 141 Å². The van der Waals surface area contributed by atoms with Crippen LogP contribution in [-0.2, 0) is 14.8 Å². The molecule has 1 heterocycles. The first-order valence-electron chi connectivity index (χ1n) is 7.45. The summed E-state index contributed by atoms with van der Waals surface area (Å²) in [7, 11) is -2.60. The van der Waals surface area contributed by atoms with E-state index >= 15 is 0 Å². The van der Waals surface area contributed by atoms with E-state index in [9.17, 15) is 23.1 Å². The van der Waals surface area contributed by atoms with Crippen molar-refractivity contribution >= 4 is 21.9 Å². The average molecular weight is 360 g/mol. The monoisotopic (exact) mass is 360 g/mol. The minimum atomic E-state index is -3.82. The molecule has 0 aromatic carbocycles. The summed E-state index contributed by atoms with van der Waals surface area (Å²) in [5.41, 5.74) is -0.0799. The highest BCUT2D eigenvalue weighted by Crippen LogP contribution is 2.22. The summed E-state index contributed by atoms with van der Waals surface area (Å²) in [4.78, 5) is 23.6. The minimum absolute atomic E-state index is 0.00849. The molecule has 8 nitrogen and oxygen atoms in total. The van der Waals surface area contributed by atoms with Gasteiger partial charge in [-0.05, 0) is 32.2 Å². The van der Waals surface area contributed by atoms with Gasteiger partial charge in [-0.1, -0.05) is 20.8 Å². The van der Waals surface area contributed by atoms with Crippen LogP contribution in [0.4, 0.5) is 0 Å². The molecule has 24 heavy (non-hydrogen) atoms. The van der Waals surface area contributed by atoms with E-state index in [0.29, 0.717) is 6.42 Å². The fraction of sp³-hybridized carbons (Fsp3) is 0.600. The number of hydrogen-bond acceptors (Lipinski definition) is 5. The van der Waals surface area contributed by atoms with Gasteiger partial charge < -0.3 is 14.8 Å². The lowest BCUT2D eigenvalue weighted by Gasteiger charge is -2.21. The minimum Gasteiger partial charge on any atom is -0.480 e. The molecule has 3 N–H and O–H groups in total. The van der Waals surface area contributed by atoms with Crippen LogP contribution in [0.3, 0.4) is 0 Å². The number of carboxylic acid groups (broad SMARTS) is 1. The second-order valence-corrected chi connectivity index (χ2v) is 8.52. The zero-order chi connectivity index (χ0) is 18.7. The predicted molar refractivity (Wildman–Crippen MR) is 87.3 cm³/mol. The van der Waals surface area contributed by atoms with Crippen LogP contribution in [0, 0.1) is 12.3 Å². The second kappa shape index (κ2) is 7.35. The van der Waals surface area contributed by atoms with Crippen molar-refractivity contribution in [2.45, 2.75) is 51.7 Å². The molecule has 9 heteroatoms. The van der Waals surface area contributed by atoms with Gasteiger partial charge in [-0.15, -0.1) is 0 Å². The Balaban J connectivity index is 2.95. The number of carbonyl (C=O) groups excluding carboxylic acids is 1. The number of hydrogen-bond donors (Lipinski definition) is 3. The van der Waals surface area contributed by atoms with E-state index in [1.807, 2.05) is 20.8 Å². The second-order valence-electron chi connectivity index (χ2n) is 6.71. The molecule has 1 unspecified atom stereocenters. The van der Waals surface area contributed by atoms with E-state index in [1.165, 1.54) is 14.0 Å². The number of amides is 1. The fourth-order valence-electron chi connectivity index (χ4n) is 1.98. The van der Waals surface area contributed by atoms with Crippen molar-refractivity contribution in [2.24, 2.45) is 5.41 Å². The summed E-state index contributed by atoms with van der Waals surface area (Å²) < 4.78 is 30.6. The molecular weight excluding hydrogens is 336 g/mol. The van der Waals surface area contributed by atoms with E-state index in [1.54, 1.807) is 0 Å². The Morgan fingerprint density at radius 2 is 1.92 bits per heavy atom. The van der Waals surface area contributed by atoms with Crippen LogP contribution < -0.4 is 10.0 Å². The third kappa shape index (κ3) is 5.34. The number of furan rings is 1. The van der Waals surface area contributed by atoms with Gasteiger partial charge in [0.15, 0.2) is 0 Å². The standard InChI is InChI=1S/C15H24N2O6S/c1-9-10(8-12(23-9)24(21,22)16-5)13(18)17-11(14(19)20)6-7-15(2,3)4/h8,11,16H,6-7H2,1-5H3,(H,17,18)(H,19,20). The molecule has 0 aliphatic heterocycles. The molecule has 1 aromatic rings. The third-order valence-corrected chi connectivity index (χ3v) is 4.73. The van der Waals surface area contributed by atoms with Gasteiger partial charge in [0.25, 0.3) is 15.9 Å². The van der Waals surface area contributed by atoms with E-state index in [4.69, 9.17) is 4.42 Å². The molecular formula is C15H24N2O6S. The third-order valence-electron chi connectivity index (χ3n) is 3.46. The molecule has 1 rings (SSSR count). The Hall–Kier alpha value is -1.87. The number of carbonyl (C=O) groups is 2. The van der Waals surface area contributed by atoms with Crippen LogP contribution in [0.2, 0.25) is 0 Å². The van der Waals surface area contributed by atoms with Gasteiger partial charge in [-0.2, -0.15) is 0 Å². The molecule has 1 atom stereocenters. The number of carboxylic acids is 1. The molecule has 0 fully saturated rings. The Kier molecular flexibility index (Phi) is 6.18. The van der Waals surface area contributed by atoms with Crippen molar-refractivity contribution in [3.63, 3.8) is 0 Å². The van der Waals surface area contributed by atoms with Gasteiger partial charge in [0.1, 0.15) is 11.8 Å². The van der Waals surface area contributed by atoms with Crippen LogP contribution >= 0.6 is 0 Å². The lowest BCUT2D eigenvalue weighted by Crippen LogP contribution is -2.41. The van der Waals surface area contributed by atoms with Gasteiger partial charge in [0.2, 0.25) is 5.09 Å². The highest BCUT2D eigenvalue weighted by atomic mass is 32.2. The molecule has 0 aliphatic carbocycles. The van der Waals surface area contributed by atoms with Gasteiger partial charge in [-0.25, -0.2) is 17.9 Å². The zero-order valence-corrected chi connectivity index (χ0v) is 15.3. The van der Waals surface area contributed by atoms with Gasteiger partial charge in [0, 0.05) is 6.07 Å². The maximum Gasteiger partial charge on any atom is 0.326 e. The molecule has 1 amide bonds. The summed E-state index contributed by atoms with van der Waals surface area (Å²) in [5, 5.41) is 11.3. The van der Waals surface area contributed by atoms with Crippen LogP contribution in [-0.4, -0.2) is 38.5 Å².